The van der Waals surface area contributed by atoms with Crippen LogP contribution < -0.4 is 14.7 Å². The van der Waals surface area contributed by atoms with Crippen LogP contribution in [-0.2, 0) is 19.2 Å². The summed E-state index contributed by atoms with van der Waals surface area (Å²) < 4.78 is 13.9. The van der Waals surface area contributed by atoms with Gasteiger partial charge in [-0.2, -0.15) is 10.2 Å². The third-order valence-electron chi connectivity index (χ3n) is 11.2. The Labute approximate surface area is 320 Å². The lowest BCUT2D eigenvalue weighted by atomic mass is 9.56. The smallest absolute Gasteiger partial charge is 0.258 e. The normalized spacial score (nSPS) is 27.6. The monoisotopic (exact) mass is 765 g/mol. The van der Waals surface area contributed by atoms with Gasteiger partial charge >= 0.3 is 0 Å². The molecule has 1 saturated carbocycles. The zero-order chi connectivity index (χ0) is 38.3. The molecule has 4 aromatic rings. The van der Waals surface area contributed by atoms with Gasteiger partial charge in [0.2, 0.25) is 11.8 Å². The molecular weight excluding hydrogens is 732 g/mol. The number of imide groups is 2. The second kappa shape index (κ2) is 12.9. The fourth-order valence-corrected chi connectivity index (χ4v) is 9.44. The number of aryl methyl sites for hydroxylation is 1. The van der Waals surface area contributed by atoms with Crippen LogP contribution in [0.3, 0.4) is 0 Å². The Morgan fingerprint density at radius 2 is 1.37 bits per heavy atom. The first kappa shape index (κ1) is 35.6. The molecular formula is C41H34Cl2FN5O5. The molecule has 10 nitrogen and oxygen atoms in total. The lowest BCUT2D eigenvalue weighted by Gasteiger charge is -2.50. The molecule has 2 aliphatic heterocycles. The summed E-state index contributed by atoms with van der Waals surface area (Å²) in [6.45, 7) is 1.69. The van der Waals surface area contributed by atoms with Gasteiger partial charge in [0.15, 0.2) is 9.75 Å². The number of allylic oxidation sites excluding steroid dienone is 2. The number of rotatable bonds is 6. The fraction of sp³-hybridized carbons (Fsp3) is 0.268. The van der Waals surface area contributed by atoms with E-state index in [4.69, 9.17) is 23.2 Å². The zero-order valence-electron chi connectivity index (χ0n) is 29.4. The molecule has 0 spiro atoms. The van der Waals surface area contributed by atoms with Crippen molar-refractivity contribution in [3.63, 3.8) is 0 Å². The fourth-order valence-electron chi connectivity index (χ4n) is 8.51. The Hall–Kier alpha value is -5.39. The minimum atomic E-state index is -2.15. The number of phenolic OH excluding ortho intramolecular Hbond substituents is 1. The summed E-state index contributed by atoms with van der Waals surface area (Å²) >= 11 is 14.8. The first-order chi connectivity index (χ1) is 25.8. The Kier molecular flexibility index (Phi) is 8.50. The van der Waals surface area contributed by atoms with Gasteiger partial charge in [0.05, 0.1) is 34.6 Å². The van der Waals surface area contributed by atoms with Crippen molar-refractivity contribution >= 4 is 75.3 Å². The Bertz CT molecular complexity index is 2300. The van der Waals surface area contributed by atoms with Crippen molar-refractivity contribution in [3.8, 4) is 5.75 Å². The topological polar surface area (TPSA) is 123 Å². The summed E-state index contributed by atoms with van der Waals surface area (Å²) in [4.78, 5) is 57.3. The van der Waals surface area contributed by atoms with Gasteiger partial charge in [-0.15, -0.1) is 23.2 Å². The van der Waals surface area contributed by atoms with Crippen molar-refractivity contribution in [1.29, 1.82) is 0 Å². The minimum Gasteiger partial charge on any atom is -0.507 e. The largest absolute Gasteiger partial charge is 0.507 e. The summed E-state index contributed by atoms with van der Waals surface area (Å²) in [5.41, 5.74) is 3.93. The molecule has 0 bridgehead atoms. The summed E-state index contributed by atoms with van der Waals surface area (Å²) in [5.74, 6) is -6.90. The number of phenols is 1. The number of fused-ring (bicyclic) bond motifs is 4. The SMILES string of the molecule is Cc1cccc([C@H]2C3=CC[C@@H]4C(=O)N(c5ccc(N=Nc6ccc(N(C)C)cc6)cc5)C(=O)[C@@H]4[C@@H]3C[C@@]3(Cl)C(=O)N(c4ccc(F)cc4)C(=O)[C@@]23Cl)c1O. The first-order valence-corrected chi connectivity index (χ1v) is 18.2. The van der Waals surface area contributed by atoms with Gasteiger partial charge in [0.1, 0.15) is 11.6 Å². The van der Waals surface area contributed by atoms with Gasteiger partial charge in [-0.1, -0.05) is 29.8 Å². The lowest BCUT2D eigenvalue weighted by molar-refractivity contribution is -0.125. The molecule has 0 aromatic heterocycles. The predicted molar refractivity (Wildman–Crippen MR) is 203 cm³/mol. The molecule has 3 fully saturated rings. The van der Waals surface area contributed by atoms with E-state index in [1.54, 1.807) is 55.5 Å². The highest BCUT2D eigenvalue weighted by molar-refractivity contribution is 6.58. The molecule has 4 aromatic carbocycles. The van der Waals surface area contributed by atoms with E-state index in [0.29, 0.717) is 28.2 Å². The Morgan fingerprint density at radius 1 is 0.778 bits per heavy atom. The number of alkyl halides is 2. The van der Waals surface area contributed by atoms with Crippen LogP contribution in [0.4, 0.5) is 32.8 Å². The van der Waals surface area contributed by atoms with Crippen LogP contribution in [0.5, 0.6) is 5.75 Å². The highest BCUT2D eigenvalue weighted by Gasteiger charge is 2.77. The van der Waals surface area contributed by atoms with Crippen LogP contribution in [0.15, 0.2) is 113 Å². The van der Waals surface area contributed by atoms with Crippen molar-refractivity contribution in [3.05, 3.63) is 120 Å². The maximum Gasteiger partial charge on any atom is 0.258 e. The zero-order valence-corrected chi connectivity index (χ0v) is 30.9. The van der Waals surface area contributed by atoms with Crippen LogP contribution in [0.1, 0.15) is 29.9 Å². The van der Waals surface area contributed by atoms with Gasteiger partial charge < -0.3 is 10.0 Å². The molecule has 2 heterocycles. The number of anilines is 3. The van der Waals surface area contributed by atoms with Gasteiger partial charge in [0, 0.05) is 31.3 Å². The van der Waals surface area contributed by atoms with Crippen molar-refractivity contribution in [2.24, 2.45) is 28.0 Å². The molecule has 0 unspecified atom stereocenters. The summed E-state index contributed by atoms with van der Waals surface area (Å²) in [5, 5.41) is 20.0. The number of hydrogen-bond donors (Lipinski definition) is 1. The van der Waals surface area contributed by atoms with Gasteiger partial charge in [-0.25, -0.2) is 9.29 Å². The standard InChI is InChI=1S/C41H34Cl2FN5O5/c1-22-5-4-6-31(35(22)50)34-29-19-20-30-33(32(29)21-40(42)38(53)49(39(54)41(34,40)43)28-13-7-23(44)8-14-28)37(52)48(36(30)51)27-17-11-25(12-18-27)46-45-24-9-15-26(16-10-24)47(2)3/h4-19,30,32-34,50H,20-21H2,1-3H3/t30-,32+,33-,34+,40+,41-/m0/s1. The van der Waals surface area contributed by atoms with E-state index >= 15 is 0 Å². The molecule has 4 amide bonds. The van der Waals surface area contributed by atoms with E-state index in [1.807, 2.05) is 43.3 Å². The summed E-state index contributed by atoms with van der Waals surface area (Å²) in [6, 6.07) is 24.0. The quantitative estimate of drug-likeness (QED) is 0.0917. The van der Waals surface area contributed by atoms with Crippen molar-refractivity contribution in [2.45, 2.75) is 35.4 Å². The van der Waals surface area contributed by atoms with Crippen LogP contribution in [0.25, 0.3) is 0 Å². The number of benzene rings is 4. The number of carbonyl (C=O) groups excluding carboxylic acids is 4. The number of hydrogen-bond acceptors (Lipinski definition) is 8. The molecule has 8 rings (SSSR count). The molecule has 13 heteroatoms. The number of aromatic hydroxyl groups is 1. The summed E-state index contributed by atoms with van der Waals surface area (Å²) in [7, 11) is 3.89. The van der Waals surface area contributed by atoms with E-state index in [9.17, 15) is 28.7 Å². The highest BCUT2D eigenvalue weighted by atomic mass is 35.5. The molecule has 2 saturated heterocycles. The van der Waals surface area contributed by atoms with E-state index in [1.165, 1.54) is 12.1 Å². The number of amides is 4. The molecule has 54 heavy (non-hydrogen) atoms. The van der Waals surface area contributed by atoms with Gasteiger partial charge in [0.25, 0.3) is 11.8 Å². The number of para-hydroxylation sites is 1. The van der Waals surface area contributed by atoms with E-state index in [2.05, 4.69) is 10.2 Å². The van der Waals surface area contributed by atoms with Crippen LogP contribution in [0.2, 0.25) is 0 Å². The maximum absolute atomic E-state index is 14.5. The average molecular weight is 767 g/mol. The molecule has 6 atom stereocenters. The molecule has 0 radical (unpaired) electrons. The van der Waals surface area contributed by atoms with E-state index in [-0.39, 0.29) is 29.8 Å². The van der Waals surface area contributed by atoms with E-state index < -0.39 is 62.9 Å². The van der Waals surface area contributed by atoms with Crippen LogP contribution >= 0.6 is 23.2 Å². The van der Waals surface area contributed by atoms with Crippen molar-refractivity contribution in [1.82, 2.24) is 0 Å². The second-order valence-corrected chi connectivity index (χ2v) is 15.6. The number of carbonyl (C=O) groups is 4. The predicted octanol–water partition coefficient (Wildman–Crippen LogP) is 8.09. The summed E-state index contributed by atoms with van der Waals surface area (Å²) in [6.07, 6.45) is 1.73. The average Bonchev–Trinajstić information content (AvgIpc) is 3.50. The number of halogens is 3. The molecule has 4 aliphatic rings. The Balaban J connectivity index is 1.15. The molecule has 274 valence electrons. The molecule has 1 N–H and O–H groups in total. The van der Waals surface area contributed by atoms with Gasteiger partial charge in [-0.3, -0.25) is 24.1 Å². The highest BCUT2D eigenvalue weighted by Crippen LogP contribution is 2.66. The third-order valence-corrected chi connectivity index (χ3v) is 12.6. The maximum atomic E-state index is 14.5. The third kappa shape index (κ3) is 5.20. The van der Waals surface area contributed by atoms with Crippen LogP contribution in [0, 0.1) is 30.5 Å². The van der Waals surface area contributed by atoms with Crippen molar-refractivity contribution < 1.29 is 28.7 Å². The number of azo groups is 1. The van der Waals surface area contributed by atoms with Crippen molar-refractivity contribution in [2.75, 3.05) is 28.8 Å². The van der Waals surface area contributed by atoms with Gasteiger partial charge in [-0.05, 0) is 104 Å². The Morgan fingerprint density at radius 3 is 2.00 bits per heavy atom. The van der Waals surface area contributed by atoms with E-state index in [0.717, 1.165) is 27.6 Å². The van der Waals surface area contributed by atoms with Crippen LogP contribution in [-0.4, -0.2) is 52.6 Å². The first-order valence-electron chi connectivity index (χ1n) is 17.4. The second-order valence-electron chi connectivity index (χ2n) is 14.4. The lowest BCUT2D eigenvalue weighted by Crippen LogP contribution is -2.60. The molecule has 2 aliphatic carbocycles. The minimum absolute atomic E-state index is 0.0754. The number of nitrogens with zero attached hydrogens (tertiary/aromatic N) is 5.